The lowest BCUT2D eigenvalue weighted by atomic mass is 9.99. The summed E-state index contributed by atoms with van der Waals surface area (Å²) in [5.74, 6) is -1.11. The minimum absolute atomic E-state index is 0.189. The molecule has 5 heteroatoms. The van der Waals surface area contributed by atoms with Gasteiger partial charge >= 0.3 is 5.97 Å². The zero-order valence-electron chi connectivity index (χ0n) is 10.7. The Morgan fingerprint density at radius 2 is 2.11 bits per heavy atom. The first kappa shape index (κ1) is 14.1. The number of carbonyl (C=O) groups is 2. The number of hydrogen-bond acceptors (Lipinski definition) is 2. The molecule has 4 nitrogen and oxygen atoms in total. The van der Waals surface area contributed by atoms with E-state index in [4.69, 9.17) is 0 Å². The average molecular weight is 326 g/mol. The van der Waals surface area contributed by atoms with Crippen LogP contribution >= 0.6 is 15.9 Å². The molecule has 1 aliphatic rings. The van der Waals surface area contributed by atoms with E-state index in [-0.39, 0.29) is 5.91 Å². The molecular formula is C14H16BrNO3. The lowest BCUT2D eigenvalue weighted by Crippen LogP contribution is -2.48. The average Bonchev–Trinajstić information content (AvgIpc) is 2.41. The Kier molecular flexibility index (Phi) is 4.24. The van der Waals surface area contributed by atoms with Crippen LogP contribution in [0.5, 0.6) is 0 Å². The maximum Gasteiger partial charge on any atom is 0.326 e. The van der Waals surface area contributed by atoms with Crippen LogP contribution in [0.15, 0.2) is 22.7 Å². The summed E-state index contributed by atoms with van der Waals surface area (Å²) in [6, 6.07) is 4.72. The topological polar surface area (TPSA) is 57.6 Å². The molecule has 1 amide bonds. The van der Waals surface area contributed by atoms with Crippen molar-refractivity contribution in [2.24, 2.45) is 0 Å². The predicted octanol–water partition coefficient (Wildman–Crippen LogP) is 2.84. The second-order valence-electron chi connectivity index (χ2n) is 4.76. The van der Waals surface area contributed by atoms with Crippen LogP contribution in [0, 0.1) is 6.92 Å². The zero-order valence-corrected chi connectivity index (χ0v) is 12.3. The van der Waals surface area contributed by atoms with E-state index in [9.17, 15) is 14.7 Å². The Hall–Kier alpha value is -1.36. The van der Waals surface area contributed by atoms with Crippen LogP contribution in [-0.4, -0.2) is 34.5 Å². The molecule has 0 aliphatic carbocycles. The summed E-state index contributed by atoms with van der Waals surface area (Å²) in [5, 5.41) is 9.23. The fourth-order valence-electron chi connectivity index (χ4n) is 2.43. The number of aliphatic carboxylic acids is 1. The molecule has 0 saturated carbocycles. The Balaban J connectivity index is 2.31. The van der Waals surface area contributed by atoms with Crippen molar-refractivity contribution in [2.45, 2.75) is 32.2 Å². The van der Waals surface area contributed by atoms with E-state index >= 15 is 0 Å². The fraction of sp³-hybridized carbons (Fsp3) is 0.429. The van der Waals surface area contributed by atoms with Crippen molar-refractivity contribution >= 4 is 27.8 Å². The number of hydrogen-bond donors (Lipinski definition) is 1. The minimum atomic E-state index is -0.916. The van der Waals surface area contributed by atoms with Crippen molar-refractivity contribution in [2.75, 3.05) is 6.54 Å². The standard InChI is InChI=1S/C14H16BrNO3/c1-9-10(5-4-6-11(9)15)13(17)16-8-3-2-7-12(16)14(18)19/h4-6,12H,2-3,7-8H2,1H3,(H,18,19)/t12-/m0/s1. The first-order chi connectivity index (χ1) is 9.02. The molecule has 1 aromatic carbocycles. The fourth-order valence-corrected chi connectivity index (χ4v) is 2.79. The number of likely N-dealkylation sites (tertiary alicyclic amines) is 1. The van der Waals surface area contributed by atoms with Crippen molar-refractivity contribution < 1.29 is 14.7 Å². The summed E-state index contributed by atoms with van der Waals surface area (Å²) in [7, 11) is 0. The SMILES string of the molecule is Cc1c(Br)cccc1C(=O)N1CCCC[C@H]1C(=O)O. The highest BCUT2D eigenvalue weighted by Crippen LogP contribution is 2.24. The highest BCUT2D eigenvalue weighted by Gasteiger charge is 2.32. The molecule has 19 heavy (non-hydrogen) atoms. The minimum Gasteiger partial charge on any atom is -0.480 e. The first-order valence-electron chi connectivity index (χ1n) is 6.31. The van der Waals surface area contributed by atoms with E-state index < -0.39 is 12.0 Å². The van der Waals surface area contributed by atoms with Gasteiger partial charge in [0.15, 0.2) is 0 Å². The van der Waals surface area contributed by atoms with Crippen molar-refractivity contribution in [3.63, 3.8) is 0 Å². The highest BCUT2D eigenvalue weighted by atomic mass is 79.9. The third-order valence-electron chi connectivity index (χ3n) is 3.55. The summed E-state index contributed by atoms with van der Waals surface area (Å²) in [5.41, 5.74) is 1.42. The van der Waals surface area contributed by atoms with Crippen LogP contribution < -0.4 is 0 Å². The molecule has 1 atom stereocenters. The summed E-state index contributed by atoms with van der Waals surface area (Å²) in [6.45, 7) is 2.37. The number of carbonyl (C=O) groups excluding carboxylic acids is 1. The van der Waals surface area contributed by atoms with Crippen molar-refractivity contribution in [1.29, 1.82) is 0 Å². The van der Waals surface area contributed by atoms with Gasteiger partial charge in [0.25, 0.3) is 5.91 Å². The van der Waals surface area contributed by atoms with Gasteiger partial charge in [0.1, 0.15) is 6.04 Å². The number of rotatable bonds is 2. The summed E-state index contributed by atoms with van der Waals surface area (Å²) < 4.78 is 0.863. The third-order valence-corrected chi connectivity index (χ3v) is 4.41. The van der Waals surface area contributed by atoms with Crippen molar-refractivity contribution in [1.82, 2.24) is 4.90 Å². The van der Waals surface area contributed by atoms with Gasteiger partial charge in [-0.15, -0.1) is 0 Å². The van der Waals surface area contributed by atoms with Gasteiger partial charge in [-0.3, -0.25) is 4.79 Å². The molecule has 0 bridgehead atoms. The molecule has 1 aromatic rings. The van der Waals surface area contributed by atoms with Crippen LogP contribution in [0.1, 0.15) is 35.2 Å². The van der Waals surface area contributed by atoms with Gasteiger partial charge in [-0.1, -0.05) is 22.0 Å². The Morgan fingerprint density at radius 3 is 2.79 bits per heavy atom. The van der Waals surface area contributed by atoms with E-state index in [0.29, 0.717) is 18.5 Å². The van der Waals surface area contributed by atoms with Crippen LogP contribution in [-0.2, 0) is 4.79 Å². The second kappa shape index (κ2) is 5.74. The van der Waals surface area contributed by atoms with Gasteiger partial charge in [-0.05, 0) is 43.9 Å². The van der Waals surface area contributed by atoms with Gasteiger partial charge in [0.2, 0.25) is 0 Å². The van der Waals surface area contributed by atoms with Gasteiger partial charge in [-0.2, -0.15) is 0 Å². The van der Waals surface area contributed by atoms with Gasteiger partial charge < -0.3 is 10.0 Å². The van der Waals surface area contributed by atoms with Crippen molar-refractivity contribution in [3.8, 4) is 0 Å². The Labute approximate surface area is 120 Å². The summed E-state index contributed by atoms with van der Waals surface area (Å²) >= 11 is 3.40. The zero-order chi connectivity index (χ0) is 14.0. The first-order valence-corrected chi connectivity index (χ1v) is 7.10. The molecule has 1 fully saturated rings. The van der Waals surface area contributed by atoms with E-state index in [2.05, 4.69) is 15.9 Å². The van der Waals surface area contributed by atoms with Gasteiger partial charge in [0, 0.05) is 16.6 Å². The number of carboxylic acids is 1. The molecule has 0 radical (unpaired) electrons. The number of carboxylic acid groups (broad SMARTS) is 1. The third kappa shape index (κ3) is 2.81. The molecule has 0 spiro atoms. The molecule has 1 aliphatic heterocycles. The molecule has 0 unspecified atom stereocenters. The normalized spacial score (nSPS) is 19.3. The maximum atomic E-state index is 12.5. The molecular weight excluding hydrogens is 310 g/mol. The molecule has 0 aromatic heterocycles. The lowest BCUT2D eigenvalue weighted by molar-refractivity contribution is -0.143. The van der Waals surface area contributed by atoms with E-state index in [1.54, 1.807) is 12.1 Å². The molecule has 2 rings (SSSR count). The van der Waals surface area contributed by atoms with Crippen molar-refractivity contribution in [3.05, 3.63) is 33.8 Å². The van der Waals surface area contributed by atoms with Crippen LogP contribution in [0.3, 0.4) is 0 Å². The Morgan fingerprint density at radius 1 is 1.37 bits per heavy atom. The molecule has 1 heterocycles. The van der Waals surface area contributed by atoms with E-state index in [1.807, 2.05) is 13.0 Å². The molecule has 1 saturated heterocycles. The highest BCUT2D eigenvalue weighted by molar-refractivity contribution is 9.10. The van der Waals surface area contributed by atoms with E-state index in [0.717, 1.165) is 22.9 Å². The smallest absolute Gasteiger partial charge is 0.326 e. The number of nitrogens with zero attached hydrogens (tertiary/aromatic N) is 1. The number of piperidine rings is 1. The summed E-state index contributed by atoms with van der Waals surface area (Å²) in [6.07, 6.45) is 2.26. The van der Waals surface area contributed by atoms with Crippen LogP contribution in [0.25, 0.3) is 0 Å². The lowest BCUT2D eigenvalue weighted by Gasteiger charge is -2.33. The monoisotopic (exact) mass is 325 g/mol. The maximum absolute atomic E-state index is 12.5. The van der Waals surface area contributed by atoms with Crippen LogP contribution in [0.4, 0.5) is 0 Å². The largest absolute Gasteiger partial charge is 0.480 e. The number of benzene rings is 1. The number of halogens is 1. The summed E-state index contributed by atoms with van der Waals surface area (Å²) in [4.78, 5) is 25.3. The Bertz CT molecular complexity index is 515. The van der Waals surface area contributed by atoms with Gasteiger partial charge in [0.05, 0.1) is 0 Å². The number of amides is 1. The molecule has 102 valence electrons. The predicted molar refractivity (Wildman–Crippen MR) is 75.2 cm³/mol. The van der Waals surface area contributed by atoms with Gasteiger partial charge in [-0.25, -0.2) is 4.79 Å². The molecule has 1 N–H and O–H groups in total. The van der Waals surface area contributed by atoms with Crippen LogP contribution in [0.2, 0.25) is 0 Å². The second-order valence-corrected chi connectivity index (χ2v) is 5.62. The quantitative estimate of drug-likeness (QED) is 0.909. The van der Waals surface area contributed by atoms with E-state index in [1.165, 1.54) is 4.90 Å².